The number of aromatic amines is 1. The quantitative estimate of drug-likeness (QED) is 0.698. The number of Topliss-reactive ketones (excluding diaryl/α,β-unsaturated/α-hetero) is 1. The molecule has 88 valence electrons. The Balaban J connectivity index is 2.08. The summed E-state index contributed by atoms with van der Waals surface area (Å²) >= 11 is 0. The minimum absolute atomic E-state index is 0.259. The molecule has 0 aliphatic heterocycles. The number of ketones is 1. The topological polar surface area (TPSA) is 32.9 Å². The first kappa shape index (κ1) is 10.4. The fourth-order valence-electron chi connectivity index (χ4n) is 3.68. The molecule has 2 aliphatic rings. The monoisotopic (exact) mass is 235 g/mol. The number of benzene rings is 1. The van der Waals surface area contributed by atoms with Crippen LogP contribution in [0.4, 0.5) is 0 Å². The molecule has 1 aromatic heterocycles. The molecule has 2 aliphatic carbocycles. The zero-order valence-electron chi connectivity index (χ0n) is 10.3. The minimum Gasteiger partial charge on any atom is -0.352 e. The van der Waals surface area contributed by atoms with Gasteiger partial charge in [-0.05, 0) is 36.3 Å². The van der Waals surface area contributed by atoms with E-state index in [9.17, 15) is 4.79 Å². The second-order valence-electron chi connectivity index (χ2n) is 5.74. The van der Waals surface area contributed by atoms with E-state index in [0.29, 0.717) is 6.42 Å². The van der Waals surface area contributed by atoms with Crippen LogP contribution >= 0.6 is 0 Å². The molecule has 2 nitrogen and oxygen atoms in total. The zero-order valence-corrected chi connectivity index (χ0v) is 10.3. The Hall–Kier alpha value is -1.51. The summed E-state index contributed by atoms with van der Waals surface area (Å²) in [6.07, 6.45) is 5.42. The highest BCUT2D eigenvalue weighted by atomic mass is 16.1. The molecule has 3 heteroatoms. The maximum Gasteiger partial charge on any atom is 0.179 e. The summed E-state index contributed by atoms with van der Waals surface area (Å²) in [5.74, 6) is 0.261. The van der Waals surface area contributed by atoms with Crippen molar-refractivity contribution in [2.75, 3.05) is 0 Å². The molecular weight excluding hydrogens is 221 g/mol. The van der Waals surface area contributed by atoms with Gasteiger partial charge in [0, 0.05) is 17.3 Å². The van der Waals surface area contributed by atoms with Crippen LogP contribution in [0.3, 0.4) is 0 Å². The first-order valence-corrected chi connectivity index (χ1v) is 6.65. The standard InChI is InChI=1S/C15H14BNO/c16-9-2-3-11-10(8-9)13-14(17-11)12(18)4-7-15(13)5-1-6-15/h2-3,8,17H,1,4-7H2. The molecule has 4 rings (SSSR count). The summed E-state index contributed by atoms with van der Waals surface area (Å²) in [5.41, 5.74) is 4.19. The number of carbonyl (C=O) groups is 1. The number of carbonyl (C=O) groups excluding carboxylic acids is 1. The lowest BCUT2D eigenvalue weighted by atomic mass is 9.58. The Labute approximate surface area is 107 Å². The first-order valence-electron chi connectivity index (χ1n) is 6.65. The van der Waals surface area contributed by atoms with E-state index in [4.69, 9.17) is 7.85 Å². The van der Waals surface area contributed by atoms with Crippen LogP contribution in [0.1, 0.15) is 48.2 Å². The van der Waals surface area contributed by atoms with E-state index in [1.54, 1.807) is 0 Å². The molecule has 1 aromatic carbocycles. The van der Waals surface area contributed by atoms with Gasteiger partial charge in [-0.1, -0.05) is 24.0 Å². The molecule has 1 fully saturated rings. The zero-order chi connectivity index (χ0) is 12.3. The van der Waals surface area contributed by atoms with Crippen LogP contribution in [0.25, 0.3) is 10.9 Å². The van der Waals surface area contributed by atoms with Crippen molar-refractivity contribution in [2.24, 2.45) is 0 Å². The number of nitrogens with one attached hydrogen (secondary N) is 1. The van der Waals surface area contributed by atoms with Crippen LogP contribution in [-0.4, -0.2) is 18.6 Å². The summed E-state index contributed by atoms with van der Waals surface area (Å²) in [7, 11) is 5.90. The van der Waals surface area contributed by atoms with Crippen molar-refractivity contribution in [1.82, 2.24) is 4.98 Å². The summed E-state index contributed by atoms with van der Waals surface area (Å²) in [5, 5.41) is 1.16. The molecule has 1 saturated carbocycles. The van der Waals surface area contributed by atoms with Crippen molar-refractivity contribution in [2.45, 2.75) is 37.5 Å². The van der Waals surface area contributed by atoms with E-state index in [1.165, 1.54) is 24.8 Å². The number of hydrogen-bond donors (Lipinski definition) is 1. The highest BCUT2D eigenvalue weighted by molar-refractivity contribution is 6.33. The van der Waals surface area contributed by atoms with E-state index >= 15 is 0 Å². The third kappa shape index (κ3) is 1.17. The van der Waals surface area contributed by atoms with Crippen LogP contribution in [0.2, 0.25) is 0 Å². The molecule has 0 amide bonds. The summed E-state index contributed by atoms with van der Waals surface area (Å²) < 4.78 is 0. The smallest absolute Gasteiger partial charge is 0.179 e. The molecule has 0 saturated heterocycles. The van der Waals surface area contributed by atoms with Crippen LogP contribution in [0, 0.1) is 0 Å². The number of rotatable bonds is 0. The van der Waals surface area contributed by atoms with Gasteiger partial charge in [-0.15, -0.1) is 0 Å². The molecule has 0 atom stereocenters. The summed E-state index contributed by atoms with van der Waals surface area (Å²) in [4.78, 5) is 15.4. The number of aromatic nitrogens is 1. The maximum atomic E-state index is 12.1. The van der Waals surface area contributed by atoms with Crippen molar-refractivity contribution < 1.29 is 4.79 Å². The fourth-order valence-corrected chi connectivity index (χ4v) is 3.68. The highest BCUT2D eigenvalue weighted by Crippen LogP contribution is 2.53. The Bertz CT molecular complexity index is 666. The van der Waals surface area contributed by atoms with E-state index in [2.05, 4.69) is 4.98 Å². The summed E-state index contributed by atoms with van der Waals surface area (Å²) in [6, 6.07) is 5.90. The predicted molar refractivity (Wildman–Crippen MR) is 72.8 cm³/mol. The normalized spacial score (nSPS) is 21.0. The van der Waals surface area contributed by atoms with Crippen molar-refractivity contribution in [3.63, 3.8) is 0 Å². The Kier molecular flexibility index (Phi) is 1.90. The lowest BCUT2D eigenvalue weighted by Crippen LogP contribution is -2.39. The van der Waals surface area contributed by atoms with Crippen LogP contribution in [0.5, 0.6) is 0 Å². The average Bonchev–Trinajstić information content (AvgIpc) is 2.68. The van der Waals surface area contributed by atoms with Gasteiger partial charge in [-0.25, -0.2) is 0 Å². The van der Waals surface area contributed by atoms with Gasteiger partial charge in [-0.2, -0.15) is 0 Å². The van der Waals surface area contributed by atoms with Gasteiger partial charge in [0.15, 0.2) is 5.78 Å². The predicted octanol–water partition coefficient (Wildman–Crippen LogP) is 2.36. The van der Waals surface area contributed by atoms with Crippen molar-refractivity contribution in [3.8, 4) is 0 Å². The van der Waals surface area contributed by atoms with Gasteiger partial charge in [0.2, 0.25) is 0 Å². The molecule has 2 radical (unpaired) electrons. The lowest BCUT2D eigenvalue weighted by molar-refractivity contribution is 0.0917. The van der Waals surface area contributed by atoms with E-state index in [-0.39, 0.29) is 11.2 Å². The molecule has 1 N–H and O–H groups in total. The molecule has 1 spiro atoms. The van der Waals surface area contributed by atoms with E-state index in [0.717, 1.165) is 28.5 Å². The van der Waals surface area contributed by atoms with Gasteiger partial charge >= 0.3 is 0 Å². The van der Waals surface area contributed by atoms with E-state index in [1.807, 2.05) is 18.2 Å². The van der Waals surface area contributed by atoms with Crippen LogP contribution in [-0.2, 0) is 5.41 Å². The molecule has 2 aromatic rings. The van der Waals surface area contributed by atoms with Gasteiger partial charge in [0.05, 0.1) is 5.69 Å². The Morgan fingerprint density at radius 3 is 2.78 bits per heavy atom. The van der Waals surface area contributed by atoms with E-state index < -0.39 is 0 Å². The van der Waals surface area contributed by atoms with Gasteiger partial charge in [-0.3, -0.25) is 4.79 Å². The number of fused-ring (bicyclic) bond motifs is 4. The first-order chi connectivity index (χ1) is 8.70. The van der Waals surface area contributed by atoms with Gasteiger partial charge in [0.25, 0.3) is 0 Å². The highest BCUT2D eigenvalue weighted by Gasteiger charge is 2.45. The lowest BCUT2D eigenvalue weighted by Gasteiger charge is -2.45. The third-order valence-electron chi connectivity index (χ3n) is 4.77. The molecular formula is C15H14BNO. The van der Waals surface area contributed by atoms with Crippen LogP contribution in [0.15, 0.2) is 18.2 Å². The summed E-state index contributed by atoms with van der Waals surface area (Å²) in [6.45, 7) is 0. The second-order valence-corrected chi connectivity index (χ2v) is 5.74. The van der Waals surface area contributed by atoms with Crippen molar-refractivity contribution in [3.05, 3.63) is 29.5 Å². The molecule has 0 unspecified atom stereocenters. The Morgan fingerprint density at radius 1 is 1.22 bits per heavy atom. The van der Waals surface area contributed by atoms with Crippen LogP contribution < -0.4 is 5.46 Å². The average molecular weight is 235 g/mol. The Morgan fingerprint density at radius 2 is 2.06 bits per heavy atom. The SMILES string of the molecule is [B]c1ccc2[nH]c3c(c2c1)C1(CCC1)CCC3=O. The number of H-pyrrole nitrogens is 1. The van der Waals surface area contributed by atoms with Gasteiger partial charge < -0.3 is 4.98 Å². The second kappa shape index (κ2) is 3.28. The largest absolute Gasteiger partial charge is 0.352 e. The van der Waals surface area contributed by atoms with Crippen molar-refractivity contribution in [1.29, 1.82) is 0 Å². The van der Waals surface area contributed by atoms with Crippen molar-refractivity contribution >= 4 is 30.0 Å². The molecule has 1 heterocycles. The van der Waals surface area contributed by atoms with Gasteiger partial charge in [0.1, 0.15) is 7.85 Å². The number of hydrogen-bond acceptors (Lipinski definition) is 1. The maximum absolute atomic E-state index is 12.1. The third-order valence-corrected chi connectivity index (χ3v) is 4.77. The fraction of sp³-hybridized carbons (Fsp3) is 0.400. The minimum atomic E-state index is 0.259. The molecule has 18 heavy (non-hydrogen) atoms. The molecule has 0 bridgehead atoms.